The Balaban J connectivity index is 1.39. The molecular formula is C27H26N4O7. The standard InChI is InChI=1S/C27H26N4O7/c1-15-3-7-17(8-4-15)26(34)36-12-20-23(38-27(35)18-9-5-16(2)6-10-18)22(33)25(37-20)31-14-30-21-19(32)11-28-13-29-24(21)31/h3-10,13-14,20,22-23,25,33H,11-12H2,1-2H3,(H,28,29)/t20?,22-,23-,25-/m1/s1. The van der Waals surface area contributed by atoms with Crippen LogP contribution in [0.4, 0.5) is 5.82 Å². The fourth-order valence-corrected chi connectivity index (χ4v) is 4.24. The van der Waals surface area contributed by atoms with Gasteiger partial charge in [0.15, 0.2) is 23.8 Å². The maximum Gasteiger partial charge on any atom is 0.338 e. The van der Waals surface area contributed by atoms with Gasteiger partial charge < -0.3 is 24.6 Å². The Morgan fingerprint density at radius 3 is 2.34 bits per heavy atom. The van der Waals surface area contributed by atoms with Crippen LogP contribution in [0.2, 0.25) is 0 Å². The van der Waals surface area contributed by atoms with Gasteiger partial charge in [-0.2, -0.15) is 0 Å². The number of aliphatic imine (C=N–C) groups is 1. The molecule has 0 bridgehead atoms. The van der Waals surface area contributed by atoms with Gasteiger partial charge in [0.25, 0.3) is 0 Å². The molecule has 4 atom stereocenters. The van der Waals surface area contributed by atoms with Gasteiger partial charge in [-0.25, -0.2) is 19.6 Å². The quantitative estimate of drug-likeness (QED) is 0.470. The second-order valence-electron chi connectivity index (χ2n) is 9.14. The molecule has 2 aliphatic rings. The number of carbonyl (C=O) groups is 3. The first kappa shape index (κ1) is 25.3. The highest BCUT2D eigenvalue weighted by Gasteiger charge is 2.49. The average Bonchev–Trinajstić information content (AvgIpc) is 3.40. The average molecular weight is 519 g/mol. The summed E-state index contributed by atoms with van der Waals surface area (Å²) in [7, 11) is 0. The number of esters is 2. The third-order valence-corrected chi connectivity index (χ3v) is 6.35. The van der Waals surface area contributed by atoms with Crippen molar-refractivity contribution in [3.05, 3.63) is 82.8 Å². The third-order valence-electron chi connectivity index (χ3n) is 6.35. The molecule has 1 aromatic heterocycles. The van der Waals surface area contributed by atoms with Gasteiger partial charge in [0.05, 0.1) is 30.3 Å². The minimum Gasteiger partial charge on any atom is -0.459 e. The minimum atomic E-state index is -1.38. The van der Waals surface area contributed by atoms with Gasteiger partial charge >= 0.3 is 11.9 Å². The van der Waals surface area contributed by atoms with Gasteiger partial charge in [0, 0.05) is 0 Å². The van der Waals surface area contributed by atoms with E-state index in [1.54, 1.807) is 48.5 Å². The molecule has 0 spiro atoms. The molecule has 0 aliphatic carbocycles. The second kappa shape index (κ2) is 10.6. The van der Waals surface area contributed by atoms with Crippen molar-refractivity contribution in [1.29, 1.82) is 0 Å². The number of carbonyl (C=O) groups excluding carboxylic acids is 3. The zero-order chi connectivity index (χ0) is 26.8. The van der Waals surface area contributed by atoms with Crippen molar-refractivity contribution in [2.24, 2.45) is 4.99 Å². The van der Waals surface area contributed by atoms with Gasteiger partial charge in [-0.1, -0.05) is 35.4 Å². The molecule has 3 heterocycles. The number of aliphatic hydroxyl groups excluding tert-OH is 1. The minimum absolute atomic E-state index is 0.0238. The molecule has 5 rings (SSSR count). The van der Waals surface area contributed by atoms with Crippen LogP contribution in [0.3, 0.4) is 0 Å². The van der Waals surface area contributed by atoms with E-state index in [-0.39, 0.29) is 30.4 Å². The topological polar surface area (TPSA) is 141 Å². The van der Waals surface area contributed by atoms with Gasteiger partial charge in [0.1, 0.15) is 18.8 Å². The fourth-order valence-electron chi connectivity index (χ4n) is 4.24. The smallest absolute Gasteiger partial charge is 0.338 e. The van der Waals surface area contributed by atoms with Crippen LogP contribution >= 0.6 is 0 Å². The molecule has 0 radical (unpaired) electrons. The summed E-state index contributed by atoms with van der Waals surface area (Å²) in [6, 6.07) is 13.6. The molecule has 1 unspecified atom stereocenters. The van der Waals surface area contributed by atoms with E-state index in [1.165, 1.54) is 17.2 Å². The summed E-state index contributed by atoms with van der Waals surface area (Å²) in [5, 5.41) is 14.0. The fraction of sp³-hybridized carbons (Fsp3) is 0.296. The Morgan fingerprint density at radius 2 is 1.68 bits per heavy atom. The van der Waals surface area contributed by atoms with Crippen molar-refractivity contribution in [2.75, 3.05) is 13.2 Å². The predicted octanol–water partition coefficient (Wildman–Crippen LogP) is 2.29. The molecule has 11 nitrogen and oxygen atoms in total. The third kappa shape index (κ3) is 5.06. The number of aromatic nitrogens is 2. The summed E-state index contributed by atoms with van der Waals surface area (Å²) in [5.41, 5.74) is 2.71. The van der Waals surface area contributed by atoms with Crippen LogP contribution in [0.1, 0.15) is 48.6 Å². The number of fused-ring (bicyclic) bond motifs is 1. The van der Waals surface area contributed by atoms with Crippen molar-refractivity contribution >= 4 is 29.9 Å². The second-order valence-corrected chi connectivity index (χ2v) is 9.14. The van der Waals surface area contributed by atoms with E-state index in [2.05, 4.69) is 15.3 Å². The van der Waals surface area contributed by atoms with E-state index in [9.17, 15) is 19.5 Å². The summed E-state index contributed by atoms with van der Waals surface area (Å²) in [5.74, 6) is -1.36. The lowest BCUT2D eigenvalue weighted by Gasteiger charge is -2.21. The predicted molar refractivity (Wildman–Crippen MR) is 134 cm³/mol. The highest BCUT2D eigenvalue weighted by molar-refractivity contribution is 6.02. The molecule has 3 aromatic rings. The van der Waals surface area contributed by atoms with Crippen LogP contribution in [0.15, 0.2) is 59.9 Å². The summed E-state index contributed by atoms with van der Waals surface area (Å²) in [6.45, 7) is 3.52. The van der Waals surface area contributed by atoms with Gasteiger partial charge in [-0.3, -0.25) is 9.36 Å². The number of aryl methyl sites for hydroxylation is 2. The zero-order valence-corrected chi connectivity index (χ0v) is 20.7. The largest absolute Gasteiger partial charge is 0.459 e. The zero-order valence-electron chi connectivity index (χ0n) is 20.7. The summed E-state index contributed by atoms with van der Waals surface area (Å²) >= 11 is 0. The maximum absolute atomic E-state index is 12.9. The maximum atomic E-state index is 12.9. The SMILES string of the molecule is Cc1ccc(C(=O)OCC2O[C@@H](n3cnc4c3N=CNCC4=O)[C@H](O)[C@@H]2OC(=O)c2ccc(C)cc2)cc1. The number of nitrogens with one attached hydrogen (secondary N) is 1. The van der Waals surface area contributed by atoms with Crippen molar-refractivity contribution < 1.29 is 33.7 Å². The molecule has 2 aromatic carbocycles. The highest BCUT2D eigenvalue weighted by Crippen LogP contribution is 2.36. The number of rotatable bonds is 6. The van der Waals surface area contributed by atoms with Crippen LogP contribution < -0.4 is 5.32 Å². The Kier molecular flexibility index (Phi) is 7.03. The van der Waals surface area contributed by atoms with E-state index >= 15 is 0 Å². The Bertz CT molecular complexity index is 1380. The lowest BCUT2D eigenvalue weighted by molar-refractivity contribution is -0.0591. The highest BCUT2D eigenvalue weighted by atomic mass is 16.6. The Labute approximate surface area is 218 Å². The number of hydrogen-bond donors (Lipinski definition) is 2. The summed E-state index contributed by atoms with van der Waals surface area (Å²) < 4.78 is 18.6. The molecular weight excluding hydrogens is 492 g/mol. The van der Waals surface area contributed by atoms with Crippen LogP contribution in [0.25, 0.3) is 0 Å². The molecule has 0 amide bonds. The van der Waals surface area contributed by atoms with Gasteiger partial charge in [0.2, 0.25) is 5.78 Å². The summed E-state index contributed by atoms with van der Waals surface area (Å²) in [6.07, 6.45) is -2.01. The van der Waals surface area contributed by atoms with E-state index in [0.29, 0.717) is 11.1 Å². The number of imidazole rings is 1. The van der Waals surface area contributed by atoms with Gasteiger partial charge in [-0.15, -0.1) is 0 Å². The normalized spacial score (nSPS) is 22.3. The Morgan fingerprint density at radius 1 is 1.05 bits per heavy atom. The number of nitrogens with zero attached hydrogens (tertiary/aromatic N) is 3. The Hall–Kier alpha value is -4.35. The first-order valence-electron chi connectivity index (χ1n) is 12.0. The molecule has 11 heteroatoms. The van der Waals surface area contributed by atoms with Crippen molar-refractivity contribution in [1.82, 2.24) is 14.9 Å². The molecule has 1 saturated heterocycles. The molecule has 196 valence electrons. The molecule has 38 heavy (non-hydrogen) atoms. The van der Waals surface area contributed by atoms with Crippen LogP contribution in [0.5, 0.6) is 0 Å². The first-order chi connectivity index (χ1) is 18.3. The van der Waals surface area contributed by atoms with Crippen molar-refractivity contribution in [3.8, 4) is 0 Å². The summed E-state index contributed by atoms with van der Waals surface area (Å²) in [4.78, 5) is 46.3. The monoisotopic (exact) mass is 518 g/mol. The number of ether oxygens (including phenoxy) is 3. The van der Waals surface area contributed by atoms with E-state index in [4.69, 9.17) is 14.2 Å². The molecule has 2 aliphatic heterocycles. The lowest BCUT2D eigenvalue weighted by atomic mass is 10.1. The van der Waals surface area contributed by atoms with Crippen molar-refractivity contribution in [2.45, 2.75) is 38.4 Å². The number of ketones is 1. The number of hydrogen-bond acceptors (Lipinski definition) is 10. The van der Waals surface area contributed by atoms with Crippen LogP contribution in [-0.4, -0.2) is 70.2 Å². The number of benzene rings is 2. The van der Waals surface area contributed by atoms with E-state index in [0.717, 1.165) is 11.1 Å². The molecule has 1 fully saturated rings. The van der Waals surface area contributed by atoms with Crippen LogP contribution in [-0.2, 0) is 14.2 Å². The van der Waals surface area contributed by atoms with E-state index < -0.39 is 36.5 Å². The molecule has 0 saturated carbocycles. The number of Topliss-reactive ketones (excluding diaryl/α,β-unsaturated/α-hetero) is 1. The van der Waals surface area contributed by atoms with E-state index in [1.807, 2.05) is 13.8 Å². The van der Waals surface area contributed by atoms with Gasteiger partial charge in [-0.05, 0) is 38.1 Å². The lowest BCUT2D eigenvalue weighted by Crippen LogP contribution is -2.38. The number of aliphatic hydroxyl groups is 1. The molecule has 2 N–H and O–H groups in total. The first-order valence-corrected chi connectivity index (χ1v) is 12.0. The van der Waals surface area contributed by atoms with Crippen molar-refractivity contribution in [3.63, 3.8) is 0 Å². The van der Waals surface area contributed by atoms with Crippen LogP contribution in [0, 0.1) is 13.8 Å².